The lowest BCUT2D eigenvalue weighted by atomic mass is 10.0. The van der Waals surface area contributed by atoms with Gasteiger partial charge in [0.15, 0.2) is 0 Å². The number of anilines is 1. The third-order valence-corrected chi connectivity index (χ3v) is 4.99. The van der Waals surface area contributed by atoms with E-state index in [-0.39, 0.29) is 11.8 Å². The predicted octanol–water partition coefficient (Wildman–Crippen LogP) is 4.18. The standard InChI is InChI=1S/C21H16BrN3O2/c22-16-10-11-23-18(12-16)24-20(26)19(14-6-2-1-3-7-14)25-13-15-8-4-5-9-17(15)21(25)27/h1-12,19H,13H2,(H,23,24,26)/t19-/m0/s1. The summed E-state index contributed by atoms with van der Waals surface area (Å²) in [7, 11) is 0. The lowest BCUT2D eigenvalue weighted by Gasteiger charge is -2.27. The van der Waals surface area contributed by atoms with Gasteiger partial charge in [-0.15, -0.1) is 0 Å². The Morgan fingerprint density at radius 2 is 1.81 bits per heavy atom. The highest BCUT2D eigenvalue weighted by Crippen LogP contribution is 2.32. The summed E-state index contributed by atoms with van der Waals surface area (Å²) in [5, 5.41) is 2.83. The number of benzene rings is 2. The van der Waals surface area contributed by atoms with Crippen LogP contribution in [0.15, 0.2) is 77.4 Å². The van der Waals surface area contributed by atoms with Crippen LogP contribution in [0.25, 0.3) is 0 Å². The molecule has 0 fully saturated rings. The van der Waals surface area contributed by atoms with Crippen LogP contribution in [-0.4, -0.2) is 21.7 Å². The summed E-state index contributed by atoms with van der Waals surface area (Å²) >= 11 is 3.37. The minimum atomic E-state index is -0.744. The first-order valence-corrected chi connectivity index (χ1v) is 9.29. The van der Waals surface area contributed by atoms with Gasteiger partial charge in [-0.25, -0.2) is 4.98 Å². The molecule has 6 heteroatoms. The Morgan fingerprint density at radius 1 is 1.07 bits per heavy atom. The first-order valence-electron chi connectivity index (χ1n) is 8.50. The maximum atomic E-state index is 13.1. The van der Waals surface area contributed by atoms with Gasteiger partial charge in [0.05, 0.1) is 0 Å². The third kappa shape index (κ3) is 3.48. The van der Waals surface area contributed by atoms with Crippen LogP contribution in [0.1, 0.15) is 27.5 Å². The fourth-order valence-electron chi connectivity index (χ4n) is 3.26. The molecule has 1 aliphatic rings. The molecular weight excluding hydrogens is 406 g/mol. The number of carbonyl (C=O) groups excluding carboxylic acids is 2. The number of halogens is 1. The molecule has 0 bridgehead atoms. The second kappa shape index (κ2) is 7.32. The molecule has 0 radical (unpaired) electrons. The normalized spacial score (nSPS) is 14.0. The molecule has 0 unspecified atom stereocenters. The number of fused-ring (bicyclic) bond motifs is 1. The maximum absolute atomic E-state index is 13.1. The number of hydrogen-bond acceptors (Lipinski definition) is 3. The van der Waals surface area contributed by atoms with Crippen LogP contribution < -0.4 is 5.32 Å². The Hall–Kier alpha value is -2.99. The van der Waals surface area contributed by atoms with Gasteiger partial charge in [0.2, 0.25) is 0 Å². The van der Waals surface area contributed by atoms with E-state index in [0.717, 1.165) is 15.6 Å². The van der Waals surface area contributed by atoms with Gasteiger partial charge >= 0.3 is 0 Å². The molecule has 0 saturated heterocycles. The summed E-state index contributed by atoms with van der Waals surface area (Å²) in [5.74, 6) is -0.00998. The number of nitrogens with one attached hydrogen (secondary N) is 1. The van der Waals surface area contributed by atoms with Crippen LogP contribution in [0, 0.1) is 0 Å². The van der Waals surface area contributed by atoms with Gasteiger partial charge in [-0.1, -0.05) is 64.5 Å². The minimum absolute atomic E-state index is 0.142. The molecule has 27 heavy (non-hydrogen) atoms. The predicted molar refractivity (Wildman–Crippen MR) is 106 cm³/mol. The molecule has 1 aliphatic heterocycles. The summed E-state index contributed by atoms with van der Waals surface area (Å²) in [6, 6.07) is 19.5. The van der Waals surface area contributed by atoms with Crippen molar-refractivity contribution in [2.45, 2.75) is 12.6 Å². The van der Waals surface area contributed by atoms with Crippen LogP contribution in [0.5, 0.6) is 0 Å². The molecule has 4 rings (SSSR count). The number of carbonyl (C=O) groups is 2. The molecule has 0 spiro atoms. The van der Waals surface area contributed by atoms with Crippen molar-refractivity contribution in [3.8, 4) is 0 Å². The molecule has 3 aromatic rings. The van der Waals surface area contributed by atoms with E-state index < -0.39 is 6.04 Å². The van der Waals surface area contributed by atoms with Crippen molar-refractivity contribution < 1.29 is 9.59 Å². The first-order chi connectivity index (χ1) is 13.1. The molecule has 2 aromatic carbocycles. The fraction of sp³-hybridized carbons (Fsp3) is 0.0952. The van der Waals surface area contributed by atoms with Crippen molar-refractivity contribution in [2.75, 3.05) is 5.32 Å². The first kappa shape index (κ1) is 17.4. The van der Waals surface area contributed by atoms with E-state index >= 15 is 0 Å². The molecule has 0 saturated carbocycles. The van der Waals surface area contributed by atoms with Gasteiger partial charge in [-0.3, -0.25) is 9.59 Å². The zero-order chi connectivity index (χ0) is 18.8. The van der Waals surface area contributed by atoms with Gasteiger partial charge in [-0.05, 0) is 29.3 Å². The third-order valence-electron chi connectivity index (χ3n) is 4.50. The zero-order valence-electron chi connectivity index (χ0n) is 14.3. The van der Waals surface area contributed by atoms with Gasteiger partial charge in [0, 0.05) is 22.8 Å². The van der Waals surface area contributed by atoms with Crippen molar-refractivity contribution in [3.05, 3.63) is 94.1 Å². The highest BCUT2D eigenvalue weighted by atomic mass is 79.9. The number of pyridine rings is 1. The Morgan fingerprint density at radius 3 is 2.56 bits per heavy atom. The second-order valence-corrected chi connectivity index (χ2v) is 7.17. The molecule has 1 atom stereocenters. The Bertz CT molecular complexity index is 1010. The van der Waals surface area contributed by atoms with Crippen LogP contribution >= 0.6 is 15.9 Å². The van der Waals surface area contributed by atoms with Crippen molar-refractivity contribution in [1.29, 1.82) is 0 Å². The molecular formula is C21H16BrN3O2. The van der Waals surface area contributed by atoms with Gasteiger partial charge in [-0.2, -0.15) is 0 Å². The summed E-state index contributed by atoms with van der Waals surface area (Å²) in [4.78, 5) is 31.9. The zero-order valence-corrected chi connectivity index (χ0v) is 15.9. The number of rotatable bonds is 4. The highest BCUT2D eigenvalue weighted by molar-refractivity contribution is 9.10. The maximum Gasteiger partial charge on any atom is 0.255 e. The van der Waals surface area contributed by atoms with E-state index in [9.17, 15) is 9.59 Å². The topological polar surface area (TPSA) is 62.3 Å². The highest BCUT2D eigenvalue weighted by Gasteiger charge is 2.37. The lowest BCUT2D eigenvalue weighted by molar-refractivity contribution is -0.120. The quantitative estimate of drug-likeness (QED) is 0.686. The Labute approximate surface area is 165 Å². The molecule has 134 valence electrons. The van der Waals surface area contributed by atoms with Crippen LogP contribution in [-0.2, 0) is 11.3 Å². The molecule has 2 amide bonds. The molecule has 2 heterocycles. The van der Waals surface area contributed by atoms with E-state index in [1.165, 1.54) is 0 Å². The largest absolute Gasteiger partial charge is 0.318 e. The van der Waals surface area contributed by atoms with E-state index in [2.05, 4.69) is 26.2 Å². The van der Waals surface area contributed by atoms with E-state index in [4.69, 9.17) is 0 Å². The molecule has 0 aliphatic carbocycles. The summed E-state index contributed by atoms with van der Waals surface area (Å²) in [6.07, 6.45) is 1.61. The SMILES string of the molecule is O=C(Nc1cc(Br)ccn1)[C@H](c1ccccc1)N1Cc2ccccc2C1=O. The van der Waals surface area contributed by atoms with E-state index in [1.54, 1.807) is 29.3 Å². The van der Waals surface area contributed by atoms with Gasteiger partial charge < -0.3 is 10.2 Å². The van der Waals surface area contributed by atoms with Crippen molar-refractivity contribution >= 4 is 33.6 Å². The number of nitrogens with zero attached hydrogens (tertiary/aromatic N) is 2. The minimum Gasteiger partial charge on any atom is -0.318 e. The molecule has 1 aromatic heterocycles. The van der Waals surface area contributed by atoms with Crippen LogP contribution in [0.3, 0.4) is 0 Å². The fourth-order valence-corrected chi connectivity index (χ4v) is 3.60. The average molecular weight is 422 g/mol. The van der Waals surface area contributed by atoms with Gasteiger partial charge in [0.25, 0.3) is 11.8 Å². The Kier molecular flexibility index (Phi) is 4.73. The average Bonchev–Trinajstić information content (AvgIpc) is 3.00. The molecule has 5 nitrogen and oxygen atoms in total. The second-order valence-electron chi connectivity index (χ2n) is 6.25. The summed E-state index contributed by atoms with van der Waals surface area (Å²) in [6.45, 7) is 0.397. The van der Waals surface area contributed by atoms with Crippen molar-refractivity contribution in [3.63, 3.8) is 0 Å². The molecule has 1 N–H and O–H groups in total. The smallest absolute Gasteiger partial charge is 0.255 e. The van der Waals surface area contributed by atoms with Crippen molar-refractivity contribution in [1.82, 2.24) is 9.88 Å². The lowest BCUT2D eigenvalue weighted by Crippen LogP contribution is -2.37. The van der Waals surface area contributed by atoms with E-state index in [1.807, 2.05) is 48.5 Å². The van der Waals surface area contributed by atoms with Gasteiger partial charge in [0.1, 0.15) is 11.9 Å². The Balaban J connectivity index is 1.68. The number of amides is 2. The van der Waals surface area contributed by atoms with E-state index in [0.29, 0.717) is 17.9 Å². The summed E-state index contributed by atoms with van der Waals surface area (Å²) in [5.41, 5.74) is 2.33. The van der Waals surface area contributed by atoms with Crippen LogP contribution in [0.2, 0.25) is 0 Å². The monoisotopic (exact) mass is 421 g/mol. The number of hydrogen-bond donors (Lipinski definition) is 1. The number of aromatic nitrogens is 1. The summed E-state index contributed by atoms with van der Waals surface area (Å²) < 4.78 is 0.814. The van der Waals surface area contributed by atoms with Crippen molar-refractivity contribution in [2.24, 2.45) is 0 Å². The van der Waals surface area contributed by atoms with Crippen LogP contribution in [0.4, 0.5) is 5.82 Å².